The average molecular weight is 409 g/mol. The Morgan fingerprint density at radius 2 is 2.00 bits per heavy atom. The maximum Gasteiger partial charge on any atom is 0.261 e. The third kappa shape index (κ3) is 5.21. The molecule has 0 atom stereocenters. The number of benzene rings is 2. The van der Waals surface area contributed by atoms with Gasteiger partial charge in [0.15, 0.2) is 5.11 Å². The van der Waals surface area contributed by atoms with Crippen LogP contribution in [0.1, 0.15) is 24.2 Å². The minimum Gasteiger partial charge on any atom is -0.508 e. The normalized spacial score (nSPS) is 10.3. The van der Waals surface area contributed by atoms with Gasteiger partial charge in [-0.15, -0.1) is 0 Å². The molecule has 0 aromatic heterocycles. The standard InChI is InChI=1S/C17H17BrN2O3S/c1-10(2)23-15-7-6-11(18)8-14(15)16(22)20-17(24)19-12-4-3-5-13(21)9-12/h3-10,21H,1-2H3,(H2,19,20,22,24). The molecule has 126 valence electrons. The van der Waals surface area contributed by atoms with Gasteiger partial charge in [-0.3, -0.25) is 10.1 Å². The van der Waals surface area contributed by atoms with E-state index in [0.29, 0.717) is 17.0 Å². The van der Waals surface area contributed by atoms with Crippen LogP contribution < -0.4 is 15.4 Å². The number of ether oxygens (including phenoxy) is 1. The van der Waals surface area contributed by atoms with Crippen LogP contribution in [-0.2, 0) is 0 Å². The van der Waals surface area contributed by atoms with Crippen molar-refractivity contribution in [3.8, 4) is 11.5 Å². The number of hydrogen-bond donors (Lipinski definition) is 3. The Morgan fingerprint density at radius 3 is 2.67 bits per heavy atom. The van der Waals surface area contributed by atoms with Crippen LogP contribution in [0.15, 0.2) is 46.9 Å². The van der Waals surface area contributed by atoms with E-state index in [1.165, 1.54) is 6.07 Å². The van der Waals surface area contributed by atoms with Crippen LogP contribution in [0.25, 0.3) is 0 Å². The smallest absolute Gasteiger partial charge is 0.261 e. The molecule has 0 aliphatic carbocycles. The van der Waals surface area contributed by atoms with E-state index in [-0.39, 0.29) is 22.9 Å². The summed E-state index contributed by atoms with van der Waals surface area (Å²) in [4.78, 5) is 12.5. The summed E-state index contributed by atoms with van der Waals surface area (Å²) in [6.45, 7) is 3.77. The molecule has 24 heavy (non-hydrogen) atoms. The highest BCUT2D eigenvalue weighted by molar-refractivity contribution is 9.10. The Bertz CT molecular complexity index is 765. The van der Waals surface area contributed by atoms with Crippen LogP contribution >= 0.6 is 28.1 Å². The quantitative estimate of drug-likeness (QED) is 0.665. The second kappa shape index (κ2) is 8.12. The summed E-state index contributed by atoms with van der Waals surface area (Å²) in [7, 11) is 0. The number of carbonyl (C=O) groups is 1. The summed E-state index contributed by atoms with van der Waals surface area (Å²) >= 11 is 8.49. The van der Waals surface area contributed by atoms with Gasteiger partial charge in [-0.1, -0.05) is 22.0 Å². The van der Waals surface area contributed by atoms with Crippen LogP contribution in [0, 0.1) is 0 Å². The highest BCUT2D eigenvalue weighted by Gasteiger charge is 2.15. The van der Waals surface area contributed by atoms with Gasteiger partial charge >= 0.3 is 0 Å². The second-order valence-corrected chi connectivity index (χ2v) is 6.59. The predicted molar refractivity (Wildman–Crippen MR) is 102 cm³/mol. The lowest BCUT2D eigenvalue weighted by molar-refractivity contribution is 0.0972. The summed E-state index contributed by atoms with van der Waals surface area (Å²) in [5, 5.41) is 15.0. The Balaban J connectivity index is 2.11. The van der Waals surface area contributed by atoms with Crippen molar-refractivity contribution in [3.05, 3.63) is 52.5 Å². The van der Waals surface area contributed by atoms with Gasteiger partial charge in [0.1, 0.15) is 11.5 Å². The molecule has 0 unspecified atom stereocenters. The largest absolute Gasteiger partial charge is 0.508 e. The van der Waals surface area contributed by atoms with Gasteiger partial charge < -0.3 is 15.2 Å². The molecular weight excluding hydrogens is 392 g/mol. The van der Waals surface area contributed by atoms with Crippen molar-refractivity contribution in [2.24, 2.45) is 0 Å². The van der Waals surface area contributed by atoms with E-state index in [1.54, 1.807) is 36.4 Å². The monoisotopic (exact) mass is 408 g/mol. The number of phenolic OH excluding ortho intramolecular Hbond substituents is 1. The maximum atomic E-state index is 12.5. The molecule has 2 rings (SSSR count). The first-order valence-electron chi connectivity index (χ1n) is 7.22. The molecule has 5 nitrogen and oxygen atoms in total. The zero-order chi connectivity index (χ0) is 17.7. The van der Waals surface area contributed by atoms with Gasteiger partial charge in [0.05, 0.1) is 11.7 Å². The molecule has 2 aromatic carbocycles. The molecule has 0 fully saturated rings. The number of rotatable bonds is 4. The van der Waals surface area contributed by atoms with Crippen molar-refractivity contribution in [3.63, 3.8) is 0 Å². The Labute approximate surface area is 154 Å². The molecule has 0 saturated heterocycles. The zero-order valence-electron chi connectivity index (χ0n) is 13.2. The minimum atomic E-state index is -0.385. The number of nitrogens with one attached hydrogen (secondary N) is 2. The first-order chi connectivity index (χ1) is 11.3. The summed E-state index contributed by atoms with van der Waals surface area (Å²) in [5.74, 6) is 0.198. The van der Waals surface area contributed by atoms with Crippen molar-refractivity contribution < 1.29 is 14.6 Å². The third-order valence-corrected chi connectivity index (χ3v) is 3.58. The van der Waals surface area contributed by atoms with Gasteiger partial charge in [0, 0.05) is 16.2 Å². The fraction of sp³-hybridized carbons (Fsp3) is 0.176. The number of anilines is 1. The van der Waals surface area contributed by atoms with Crippen LogP contribution in [0.2, 0.25) is 0 Å². The lowest BCUT2D eigenvalue weighted by Gasteiger charge is -2.15. The Hall–Kier alpha value is -2.12. The Morgan fingerprint density at radius 1 is 1.25 bits per heavy atom. The minimum absolute atomic E-state index is 0.0601. The predicted octanol–water partition coefficient (Wildman–Crippen LogP) is 4.07. The van der Waals surface area contributed by atoms with Gasteiger partial charge in [0.2, 0.25) is 0 Å². The lowest BCUT2D eigenvalue weighted by atomic mass is 10.2. The summed E-state index contributed by atoms with van der Waals surface area (Å²) in [6, 6.07) is 11.6. The van der Waals surface area contributed by atoms with Crippen LogP contribution in [-0.4, -0.2) is 22.2 Å². The van der Waals surface area contributed by atoms with E-state index in [0.717, 1.165) is 4.47 Å². The van der Waals surface area contributed by atoms with E-state index in [2.05, 4.69) is 26.6 Å². The number of aromatic hydroxyl groups is 1. The fourth-order valence-corrected chi connectivity index (χ4v) is 2.52. The summed E-state index contributed by atoms with van der Waals surface area (Å²) < 4.78 is 6.42. The molecule has 0 bridgehead atoms. The first-order valence-corrected chi connectivity index (χ1v) is 8.43. The van der Waals surface area contributed by atoms with Crippen molar-refractivity contribution >= 4 is 44.9 Å². The molecule has 0 aliphatic rings. The molecule has 0 aliphatic heterocycles. The number of amides is 1. The van der Waals surface area contributed by atoms with Crippen molar-refractivity contribution in [1.29, 1.82) is 0 Å². The van der Waals surface area contributed by atoms with Crippen LogP contribution in [0.3, 0.4) is 0 Å². The average Bonchev–Trinajstić information content (AvgIpc) is 2.48. The van der Waals surface area contributed by atoms with Crippen molar-refractivity contribution in [2.45, 2.75) is 20.0 Å². The summed E-state index contributed by atoms with van der Waals surface area (Å²) in [5.41, 5.74) is 0.950. The molecule has 0 spiro atoms. The van der Waals surface area contributed by atoms with E-state index < -0.39 is 0 Å². The highest BCUT2D eigenvalue weighted by atomic mass is 79.9. The van der Waals surface area contributed by atoms with E-state index in [9.17, 15) is 9.90 Å². The molecular formula is C17H17BrN2O3S. The first kappa shape index (κ1) is 18.2. The molecule has 1 amide bonds. The van der Waals surface area contributed by atoms with Gasteiger partial charge in [-0.05, 0) is 56.4 Å². The molecule has 0 saturated carbocycles. The van der Waals surface area contributed by atoms with Gasteiger partial charge in [-0.2, -0.15) is 0 Å². The topological polar surface area (TPSA) is 70.6 Å². The SMILES string of the molecule is CC(C)Oc1ccc(Br)cc1C(=O)NC(=S)Nc1cccc(O)c1. The number of halogens is 1. The highest BCUT2D eigenvalue weighted by Crippen LogP contribution is 2.24. The molecule has 0 heterocycles. The summed E-state index contributed by atoms with van der Waals surface area (Å²) in [6.07, 6.45) is -0.0601. The lowest BCUT2D eigenvalue weighted by Crippen LogP contribution is -2.34. The second-order valence-electron chi connectivity index (χ2n) is 5.27. The van der Waals surface area contributed by atoms with Crippen LogP contribution in [0.4, 0.5) is 5.69 Å². The Kier molecular flexibility index (Phi) is 6.16. The number of carbonyl (C=O) groups excluding carboxylic acids is 1. The number of thiocarbonyl (C=S) groups is 1. The van der Waals surface area contributed by atoms with Crippen LogP contribution in [0.5, 0.6) is 11.5 Å². The number of hydrogen-bond acceptors (Lipinski definition) is 4. The maximum absolute atomic E-state index is 12.5. The third-order valence-electron chi connectivity index (χ3n) is 2.88. The molecule has 2 aromatic rings. The van der Waals surface area contributed by atoms with E-state index in [1.807, 2.05) is 13.8 Å². The molecule has 7 heteroatoms. The van der Waals surface area contributed by atoms with Crippen molar-refractivity contribution in [1.82, 2.24) is 5.32 Å². The van der Waals surface area contributed by atoms with Gasteiger partial charge in [0.25, 0.3) is 5.91 Å². The van der Waals surface area contributed by atoms with Crippen molar-refractivity contribution in [2.75, 3.05) is 5.32 Å². The van der Waals surface area contributed by atoms with E-state index >= 15 is 0 Å². The molecule has 0 radical (unpaired) electrons. The zero-order valence-corrected chi connectivity index (χ0v) is 15.6. The molecule has 3 N–H and O–H groups in total. The number of phenols is 1. The fourth-order valence-electron chi connectivity index (χ4n) is 1.95. The van der Waals surface area contributed by atoms with E-state index in [4.69, 9.17) is 17.0 Å². The van der Waals surface area contributed by atoms with Gasteiger partial charge in [-0.25, -0.2) is 0 Å².